The number of benzene rings is 1. The number of ether oxygens (including phenoxy) is 1. The molecule has 1 aliphatic heterocycles. The van der Waals surface area contributed by atoms with Crippen molar-refractivity contribution in [2.45, 2.75) is 64.4 Å². The van der Waals surface area contributed by atoms with Gasteiger partial charge in [0.1, 0.15) is 6.10 Å². The van der Waals surface area contributed by atoms with E-state index in [1.807, 2.05) is 0 Å². The van der Waals surface area contributed by atoms with E-state index in [1.165, 1.54) is 38.5 Å². The second-order valence-corrected chi connectivity index (χ2v) is 6.76. The van der Waals surface area contributed by atoms with Gasteiger partial charge in [0.05, 0.1) is 13.2 Å². The monoisotopic (exact) mass is 372 g/mol. The van der Waals surface area contributed by atoms with Crippen LogP contribution in [0.4, 0.5) is 13.2 Å². The van der Waals surface area contributed by atoms with E-state index in [2.05, 4.69) is 6.92 Å². The summed E-state index contributed by atoms with van der Waals surface area (Å²) in [6.45, 7) is 3.43. The van der Waals surface area contributed by atoms with Crippen LogP contribution in [0, 0.1) is 17.5 Å². The van der Waals surface area contributed by atoms with Gasteiger partial charge in [-0.3, -0.25) is 0 Å². The molecule has 0 aliphatic carbocycles. The molecule has 0 unspecified atom stereocenters. The Bertz CT molecular complexity index is 514. The first-order chi connectivity index (χ1) is 12.6. The molecule has 0 bridgehead atoms. The summed E-state index contributed by atoms with van der Waals surface area (Å²) in [6.07, 6.45) is 9.70. The molecule has 146 valence electrons. The zero-order chi connectivity index (χ0) is 18.8. The van der Waals surface area contributed by atoms with Gasteiger partial charge in [0, 0.05) is 6.61 Å². The van der Waals surface area contributed by atoms with E-state index in [1.54, 1.807) is 0 Å². The number of unbranched alkanes of at least 4 members (excludes halogenated alkanes) is 7. The Balaban J connectivity index is 1.58. The number of rotatable bonds is 11. The summed E-state index contributed by atoms with van der Waals surface area (Å²) < 4.78 is 56.2. The maximum absolute atomic E-state index is 13.3. The summed E-state index contributed by atoms with van der Waals surface area (Å²) in [5.74, 6) is -3.99. The Kier molecular flexibility index (Phi) is 9.50. The third kappa shape index (κ3) is 6.93. The molecule has 0 radical (unpaired) electrons. The number of hydrogen-bond acceptors (Lipinski definition) is 3. The standard InChI is InChI=1S/C19H28BF3O3/c1-2-3-4-5-6-7-8-9-10-24-16-13-25-20(26-14-16)15-11-17(21)19(23)18(22)12-15/h11-12,16H,2-10,13-14H2,1H3. The summed E-state index contributed by atoms with van der Waals surface area (Å²) in [4.78, 5) is 0. The summed E-state index contributed by atoms with van der Waals surface area (Å²) in [7, 11) is -0.900. The van der Waals surface area contributed by atoms with Gasteiger partial charge in [-0.25, -0.2) is 13.2 Å². The number of halogens is 3. The molecule has 0 amide bonds. The fraction of sp³-hybridized carbons (Fsp3) is 0.684. The molecule has 7 heteroatoms. The lowest BCUT2D eigenvalue weighted by atomic mass is 9.78. The molecule has 1 aliphatic rings. The molecule has 1 aromatic rings. The maximum Gasteiger partial charge on any atom is 0.494 e. The van der Waals surface area contributed by atoms with E-state index >= 15 is 0 Å². The summed E-state index contributed by atoms with van der Waals surface area (Å²) in [5.41, 5.74) is 0.128. The van der Waals surface area contributed by atoms with Gasteiger partial charge in [0.15, 0.2) is 17.5 Å². The average Bonchev–Trinajstić information content (AvgIpc) is 2.65. The van der Waals surface area contributed by atoms with E-state index < -0.39 is 24.6 Å². The van der Waals surface area contributed by atoms with Crippen LogP contribution >= 0.6 is 0 Å². The van der Waals surface area contributed by atoms with Crippen molar-refractivity contribution in [3.8, 4) is 0 Å². The topological polar surface area (TPSA) is 27.7 Å². The van der Waals surface area contributed by atoms with E-state index in [9.17, 15) is 13.2 Å². The van der Waals surface area contributed by atoms with Crippen molar-refractivity contribution in [3.63, 3.8) is 0 Å². The molecule has 0 saturated carbocycles. The van der Waals surface area contributed by atoms with Gasteiger partial charge < -0.3 is 14.0 Å². The normalized spacial score (nSPS) is 15.6. The highest BCUT2D eigenvalue weighted by atomic mass is 19.2. The third-order valence-corrected chi connectivity index (χ3v) is 4.50. The van der Waals surface area contributed by atoms with Crippen LogP contribution in [0.15, 0.2) is 12.1 Å². The van der Waals surface area contributed by atoms with Crippen LogP contribution in [0.1, 0.15) is 58.3 Å². The first kappa shape index (κ1) is 21.3. The van der Waals surface area contributed by atoms with Crippen molar-refractivity contribution in [2.75, 3.05) is 19.8 Å². The predicted molar refractivity (Wildman–Crippen MR) is 96.0 cm³/mol. The molecule has 0 atom stereocenters. The van der Waals surface area contributed by atoms with Crippen LogP contribution in [0.5, 0.6) is 0 Å². The SMILES string of the molecule is CCCCCCCCCCOC1COB(c2cc(F)c(F)c(F)c2)OC1. The van der Waals surface area contributed by atoms with Crippen LogP contribution in [0.25, 0.3) is 0 Å². The summed E-state index contributed by atoms with van der Waals surface area (Å²) in [6, 6.07) is 1.79. The summed E-state index contributed by atoms with van der Waals surface area (Å²) >= 11 is 0. The zero-order valence-corrected chi connectivity index (χ0v) is 15.4. The zero-order valence-electron chi connectivity index (χ0n) is 15.4. The highest BCUT2D eigenvalue weighted by molar-refractivity contribution is 6.61. The molecular weight excluding hydrogens is 344 g/mol. The van der Waals surface area contributed by atoms with Crippen molar-refractivity contribution in [1.82, 2.24) is 0 Å². The minimum Gasteiger partial charge on any atom is -0.404 e. The molecule has 26 heavy (non-hydrogen) atoms. The van der Waals surface area contributed by atoms with Crippen LogP contribution in [-0.2, 0) is 14.0 Å². The predicted octanol–water partition coefficient (Wildman–Crippen LogP) is 4.37. The second-order valence-electron chi connectivity index (χ2n) is 6.76. The fourth-order valence-corrected chi connectivity index (χ4v) is 2.97. The molecule has 3 nitrogen and oxygen atoms in total. The van der Waals surface area contributed by atoms with E-state index in [4.69, 9.17) is 14.0 Å². The highest BCUT2D eigenvalue weighted by Gasteiger charge is 2.31. The minimum atomic E-state index is -1.49. The van der Waals surface area contributed by atoms with Gasteiger partial charge in [-0.1, -0.05) is 51.9 Å². The van der Waals surface area contributed by atoms with Crippen molar-refractivity contribution in [3.05, 3.63) is 29.6 Å². The number of hydrogen-bond donors (Lipinski definition) is 0. The van der Waals surface area contributed by atoms with Crippen molar-refractivity contribution < 1.29 is 27.2 Å². The van der Waals surface area contributed by atoms with Gasteiger partial charge in [-0.2, -0.15) is 0 Å². The van der Waals surface area contributed by atoms with Crippen LogP contribution < -0.4 is 5.46 Å². The van der Waals surface area contributed by atoms with Crippen molar-refractivity contribution >= 4 is 12.6 Å². The molecule has 0 N–H and O–H groups in total. The third-order valence-electron chi connectivity index (χ3n) is 4.50. The van der Waals surface area contributed by atoms with Crippen molar-refractivity contribution in [1.29, 1.82) is 0 Å². The van der Waals surface area contributed by atoms with Gasteiger partial charge in [-0.15, -0.1) is 0 Å². The Morgan fingerprint density at radius 2 is 1.46 bits per heavy atom. The van der Waals surface area contributed by atoms with Crippen LogP contribution in [0.2, 0.25) is 0 Å². The molecule has 1 heterocycles. The van der Waals surface area contributed by atoms with Crippen LogP contribution in [-0.4, -0.2) is 33.0 Å². The molecule has 0 aromatic heterocycles. The Morgan fingerprint density at radius 3 is 2.04 bits per heavy atom. The molecule has 1 aromatic carbocycles. The van der Waals surface area contributed by atoms with E-state index in [-0.39, 0.29) is 24.8 Å². The largest absolute Gasteiger partial charge is 0.494 e. The van der Waals surface area contributed by atoms with Crippen LogP contribution in [0.3, 0.4) is 0 Å². The first-order valence-corrected chi connectivity index (χ1v) is 9.61. The van der Waals surface area contributed by atoms with Gasteiger partial charge >= 0.3 is 7.12 Å². The summed E-state index contributed by atoms with van der Waals surface area (Å²) in [5, 5.41) is 0. The minimum absolute atomic E-state index is 0.128. The smallest absolute Gasteiger partial charge is 0.404 e. The Labute approximate surface area is 154 Å². The first-order valence-electron chi connectivity index (χ1n) is 9.61. The van der Waals surface area contributed by atoms with Gasteiger partial charge in [0.25, 0.3) is 0 Å². The fourth-order valence-electron chi connectivity index (χ4n) is 2.97. The lowest BCUT2D eigenvalue weighted by Crippen LogP contribution is -2.47. The Morgan fingerprint density at radius 1 is 0.923 bits per heavy atom. The quantitative estimate of drug-likeness (QED) is 0.328. The lowest BCUT2D eigenvalue weighted by molar-refractivity contribution is -0.0432. The highest BCUT2D eigenvalue weighted by Crippen LogP contribution is 2.13. The molecular formula is C19H28BF3O3. The van der Waals surface area contributed by atoms with E-state index in [0.717, 1.165) is 25.0 Å². The van der Waals surface area contributed by atoms with Gasteiger partial charge in [0.2, 0.25) is 0 Å². The second kappa shape index (κ2) is 11.6. The van der Waals surface area contributed by atoms with Crippen molar-refractivity contribution in [2.24, 2.45) is 0 Å². The molecule has 1 fully saturated rings. The average molecular weight is 372 g/mol. The Hall–Kier alpha value is -1.05. The molecule has 2 rings (SSSR count). The molecule has 0 spiro atoms. The molecule has 1 saturated heterocycles. The lowest BCUT2D eigenvalue weighted by Gasteiger charge is -2.27. The van der Waals surface area contributed by atoms with Gasteiger partial charge in [-0.05, 0) is 24.0 Å². The van der Waals surface area contributed by atoms with E-state index in [0.29, 0.717) is 6.61 Å². The maximum atomic E-state index is 13.3.